The van der Waals surface area contributed by atoms with Crippen LogP contribution < -0.4 is 15.4 Å². The summed E-state index contributed by atoms with van der Waals surface area (Å²) in [7, 11) is 0. The molecular formula is C27H23FN6O4. The maximum absolute atomic E-state index is 13.4. The fourth-order valence-electron chi connectivity index (χ4n) is 4.25. The summed E-state index contributed by atoms with van der Waals surface area (Å²) >= 11 is 0. The molecule has 2 heterocycles. The van der Waals surface area contributed by atoms with Gasteiger partial charge in [0.15, 0.2) is 0 Å². The van der Waals surface area contributed by atoms with Crippen LogP contribution in [0.3, 0.4) is 0 Å². The van der Waals surface area contributed by atoms with Crippen molar-refractivity contribution in [1.29, 1.82) is 0 Å². The average Bonchev–Trinajstić information content (AvgIpc) is 3.57. The molecule has 5 rings (SSSR count). The predicted octanol–water partition coefficient (Wildman–Crippen LogP) is 3.14. The van der Waals surface area contributed by atoms with E-state index in [0.717, 1.165) is 16.8 Å². The minimum atomic E-state index is -0.719. The second-order valence-corrected chi connectivity index (χ2v) is 8.64. The van der Waals surface area contributed by atoms with Gasteiger partial charge in [0.25, 0.3) is 5.91 Å². The van der Waals surface area contributed by atoms with Gasteiger partial charge in [-0.05, 0) is 59.2 Å². The first kappa shape index (κ1) is 24.6. The molecule has 0 spiro atoms. The first-order valence-electron chi connectivity index (χ1n) is 11.8. The molecule has 0 unspecified atom stereocenters. The molecule has 4 amide bonds. The van der Waals surface area contributed by atoms with E-state index >= 15 is 0 Å². The largest absolute Gasteiger partial charge is 0.489 e. The van der Waals surface area contributed by atoms with Crippen molar-refractivity contribution in [3.8, 4) is 11.4 Å². The number of urea groups is 1. The van der Waals surface area contributed by atoms with Crippen molar-refractivity contribution in [3.63, 3.8) is 0 Å². The fourth-order valence-corrected chi connectivity index (χ4v) is 4.25. The molecule has 1 atom stereocenters. The number of imide groups is 1. The molecule has 192 valence electrons. The zero-order valence-corrected chi connectivity index (χ0v) is 20.1. The van der Waals surface area contributed by atoms with Gasteiger partial charge in [-0.15, -0.1) is 0 Å². The highest BCUT2D eigenvalue weighted by Crippen LogP contribution is 2.29. The number of amides is 4. The van der Waals surface area contributed by atoms with E-state index in [4.69, 9.17) is 4.74 Å². The van der Waals surface area contributed by atoms with Crippen molar-refractivity contribution in [3.05, 3.63) is 107 Å². The van der Waals surface area contributed by atoms with Crippen molar-refractivity contribution in [2.24, 2.45) is 0 Å². The molecule has 1 aliphatic heterocycles. The van der Waals surface area contributed by atoms with Crippen LogP contribution in [0.2, 0.25) is 0 Å². The Hall–Kier alpha value is -5.06. The van der Waals surface area contributed by atoms with E-state index in [1.165, 1.54) is 30.6 Å². The first-order valence-corrected chi connectivity index (χ1v) is 11.8. The molecule has 0 saturated heterocycles. The molecule has 1 aromatic heterocycles. The Labute approximate surface area is 217 Å². The van der Waals surface area contributed by atoms with Crippen LogP contribution in [0.1, 0.15) is 33.1 Å². The SMILES string of the molecule is O=CNC(=O)N[C@@H](CN1Cc2cc(OCc3ccc(-n4cncn4)cc3)ccc2C1=O)c1ccc(F)cc1. The Morgan fingerprint density at radius 3 is 2.61 bits per heavy atom. The lowest BCUT2D eigenvalue weighted by Gasteiger charge is -2.25. The van der Waals surface area contributed by atoms with Gasteiger partial charge in [0.1, 0.15) is 30.8 Å². The molecule has 0 saturated carbocycles. The fraction of sp³-hybridized carbons (Fsp3) is 0.148. The van der Waals surface area contributed by atoms with Crippen LogP contribution in [0, 0.1) is 5.82 Å². The van der Waals surface area contributed by atoms with Gasteiger partial charge in [0.05, 0.1) is 11.7 Å². The van der Waals surface area contributed by atoms with Crippen molar-refractivity contribution in [1.82, 2.24) is 30.3 Å². The number of carbonyl (C=O) groups excluding carboxylic acids is 3. The van der Waals surface area contributed by atoms with E-state index in [-0.39, 0.29) is 18.9 Å². The summed E-state index contributed by atoms with van der Waals surface area (Å²) in [4.78, 5) is 41.3. The molecule has 11 heteroatoms. The maximum Gasteiger partial charge on any atom is 0.321 e. The maximum atomic E-state index is 13.4. The zero-order chi connectivity index (χ0) is 26.5. The van der Waals surface area contributed by atoms with Gasteiger partial charge in [0, 0.05) is 18.7 Å². The normalized spacial score (nSPS) is 13.1. The number of halogens is 1. The molecule has 0 bridgehead atoms. The summed E-state index contributed by atoms with van der Waals surface area (Å²) in [6.07, 6.45) is 3.36. The highest BCUT2D eigenvalue weighted by atomic mass is 19.1. The van der Waals surface area contributed by atoms with E-state index in [0.29, 0.717) is 30.0 Å². The standard InChI is InChI=1S/C27H23FN6O4/c28-21-5-3-19(4-6-21)25(32-27(37)30-17-35)13-33-12-20-11-23(9-10-24(20)26(33)36)38-14-18-1-7-22(8-2-18)34-16-29-15-31-34/h1-11,15-17,25H,12-14H2,(H2,30,32,35,37)/t25-/m0/s1. The third kappa shape index (κ3) is 5.51. The molecule has 4 aromatic rings. The van der Waals surface area contributed by atoms with Crippen molar-refractivity contribution < 1.29 is 23.5 Å². The van der Waals surface area contributed by atoms with E-state index in [1.807, 2.05) is 35.6 Å². The van der Waals surface area contributed by atoms with E-state index in [2.05, 4.69) is 15.4 Å². The summed E-state index contributed by atoms with van der Waals surface area (Å²) in [5.41, 5.74) is 3.79. The Balaban J connectivity index is 1.25. The van der Waals surface area contributed by atoms with Crippen molar-refractivity contribution in [2.75, 3.05) is 6.54 Å². The summed E-state index contributed by atoms with van der Waals surface area (Å²) in [6.45, 7) is 0.781. The first-order chi connectivity index (χ1) is 18.5. The number of carbonyl (C=O) groups is 3. The number of ether oxygens (including phenoxy) is 1. The van der Waals surface area contributed by atoms with E-state index < -0.39 is 17.9 Å². The van der Waals surface area contributed by atoms with Crippen LogP contribution in [0.15, 0.2) is 79.4 Å². The lowest BCUT2D eigenvalue weighted by Crippen LogP contribution is -2.42. The molecule has 0 radical (unpaired) electrons. The third-order valence-corrected chi connectivity index (χ3v) is 6.15. The number of aromatic nitrogens is 3. The Morgan fingerprint density at radius 2 is 1.89 bits per heavy atom. The van der Waals surface area contributed by atoms with E-state index in [1.54, 1.807) is 28.0 Å². The summed E-state index contributed by atoms with van der Waals surface area (Å²) in [6, 6.07) is 17.3. The molecule has 38 heavy (non-hydrogen) atoms. The average molecular weight is 515 g/mol. The van der Waals surface area contributed by atoms with Crippen molar-refractivity contribution >= 4 is 18.3 Å². The van der Waals surface area contributed by atoms with Gasteiger partial charge in [-0.25, -0.2) is 18.9 Å². The van der Waals surface area contributed by atoms with Crippen LogP contribution in [0.5, 0.6) is 5.75 Å². The number of hydrogen-bond donors (Lipinski definition) is 2. The second-order valence-electron chi connectivity index (χ2n) is 8.64. The highest BCUT2D eigenvalue weighted by molar-refractivity contribution is 5.98. The highest BCUT2D eigenvalue weighted by Gasteiger charge is 2.30. The lowest BCUT2D eigenvalue weighted by molar-refractivity contribution is -0.108. The third-order valence-electron chi connectivity index (χ3n) is 6.15. The van der Waals surface area contributed by atoms with Crippen LogP contribution in [-0.4, -0.2) is 44.6 Å². The van der Waals surface area contributed by atoms with Crippen LogP contribution >= 0.6 is 0 Å². The number of rotatable bonds is 9. The lowest BCUT2D eigenvalue weighted by atomic mass is 10.1. The van der Waals surface area contributed by atoms with Gasteiger partial charge in [-0.2, -0.15) is 5.10 Å². The Bertz CT molecular complexity index is 1440. The molecule has 0 aliphatic carbocycles. The summed E-state index contributed by atoms with van der Waals surface area (Å²) in [5.74, 6) is 0.00505. The molecule has 0 fully saturated rings. The summed E-state index contributed by atoms with van der Waals surface area (Å²) < 4.78 is 21.1. The minimum Gasteiger partial charge on any atom is -0.489 e. The van der Waals surface area contributed by atoms with Gasteiger partial charge in [-0.3, -0.25) is 14.9 Å². The molecular weight excluding hydrogens is 491 g/mol. The number of nitrogens with zero attached hydrogens (tertiary/aromatic N) is 4. The number of fused-ring (bicyclic) bond motifs is 1. The van der Waals surface area contributed by atoms with Gasteiger partial charge in [0.2, 0.25) is 6.41 Å². The zero-order valence-electron chi connectivity index (χ0n) is 20.1. The minimum absolute atomic E-state index is 0.125. The number of nitrogens with one attached hydrogen (secondary N) is 2. The van der Waals surface area contributed by atoms with Gasteiger partial charge in [-0.1, -0.05) is 24.3 Å². The Kier molecular flexibility index (Phi) is 7.07. The van der Waals surface area contributed by atoms with Crippen LogP contribution in [0.4, 0.5) is 9.18 Å². The quantitative estimate of drug-likeness (QED) is 0.332. The monoisotopic (exact) mass is 514 g/mol. The van der Waals surface area contributed by atoms with Gasteiger partial charge >= 0.3 is 6.03 Å². The molecule has 2 N–H and O–H groups in total. The second kappa shape index (κ2) is 10.9. The molecule has 1 aliphatic rings. The summed E-state index contributed by atoms with van der Waals surface area (Å²) in [5, 5.41) is 8.79. The van der Waals surface area contributed by atoms with Crippen molar-refractivity contribution in [2.45, 2.75) is 19.2 Å². The smallest absolute Gasteiger partial charge is 0.321 e. The van der Waals surface area contributed by atoms with Crippen LogP contribution in [0.25, 0.3) is 5.69 Å². The predicted molar refractivity (Wildman–Crippen MR) is 134 cm³/mol. The topological polar surface area (TPSA) is 118 Å². The van der Waals surface area contributed by atoms with Crippen LogP contribution in [-0.2, 0) is 17.9 Å². The Morgan fingerprint density at radius 1 is 1.11 bits per heavy atom. The van der Waals surface area contributed by atoms with Gasteiger partial charge < -0.3 is 15.0 Å². The van der Waals surface area contributed by atoms with E-state index in [9.17, 15) is 18.8 Å². The molecule has 10 nitrogen and oxygen atoms in total. The number of benzene rings is 3. The number of hydrogen-bond acceptors (Lipinski definition) is 6. The molecule has 3 aromatic carbocycles.